The zero-order valence-corrected chi connectivity index (χ0v) is 9.08. The summed E-state index contributed by atoms with van der Waals surface area (Å²) in [5, 5.41) is 4.53. The van der Waals surface area contributed by atoms with Crippen LogP contribution < -0.4 is 5.76 Å². The highest BCUT2D eigenvalue weighted by molar-refractivity contribution is 6.31. The summed E-state index contributed by atoms with van der Waals surface area (Å²) in [6.07, 6.45) is 0. The monoisotopic (exact) mass is 224 g/mol. The van der Waals surface area contributed by atoms with Crippen molar-refractivity contribution in [3.8, 4) is 5.69 Å². The molecule has 0 unspecified atom stereocenters. The van der Waals surface area contributed by atoms with E-state index in [-0.39, 0.29) is 0 Å². The molecule has 0 N–H and O–H groups in total. The summed E-state index contributed by atoms with van der Waals surface area (Å²) in [6, 6.07) is 5.28. The molecule has 0 aliphatic heterocycles. The number of hydrogen-bond donors (Lipinski definition) is 0. The minimum atomic E-state index is -0.507. The molecule has 0 fully saturated rings. The molecule has 2 aromatic rings. The van der Waals surface area contributed by atoms with Crippen LogP contribution in [0.25, 0.3) is 5.69 Å². The molecule has 0 radical (unpaired) electrons. The van der Waals surface area contributed by atoms with Crippen LogP contribution in [0.4, 0.5) is 0 Å². The van der Waals surface area contributed by atoms with Crippen molar-refractivity contribution in [3.63, 3.8) is 0 Å². The van der Waals surface area contributed by atoms with Crippen LogP contribution in [0.2, 0.25) is 5.02 Å². The van der Waals surface area contributed by atoms with Crippen molar-refractivity contribution in [2.45, 2.75) is 13.8 Å². The van der Waals surface area contributed by atoms with Gasteiger partial charge < -0.3 is 4.42 Å². The van der Waals surface area contributed by atoms with Gasteiger partial charge in [-0.3, -0.25) is 0 Å². The smallest absolute Gasteiger partial charge is 0.392 e. The zero-order valence-electron chi connectivity index (χ0n) is 8.32. The fourth-order valence-corrected chi connectivity index (χ4v) is 1.42. The topological polar surface area (TPSA) is 48.0 Å². The Balaban J connectivity index is 2.59. The molecule has 0 aliphatic rings. The first-order chi connectivity index (χ1) is 7.08. The Labute approximate surface area is 91.1 Å². The van der Waals surface area contributed by atoms with Crippen LogP contribution in [0.5, 0.6) is 0 Å². The third-order valence-corrected chi connectivity index (χ3v) is 2.46. The quantitative estimate of drug-likeness (QED) is 0.745. The number of rotatable bonds is 1. The first kappa shape index (κ1) is 9.98. The van der Waals surface area contributed by atoms with E-state index in [9.17, 15) is 4.79 Å². The average Bonchev–Trinajstić information content (AvgIpc) is 2.50. The van der Waals surface area contributed by atoms with E-state index in [1.807, 2.05) is 13.0 Å². The second-order valence-electron chi connectivity index (χ2n) is 3.23. The van der Waals surface area contributed by atoms with Gasteiger partial charge >= 0.3 is 5.76 Å². The van der Waals surface area contributed by atoms with Crippen molar-refractivity contribution in [1.82, 2.24) is 9.78 Å². The maximum Gasteiger partial charge on any atom is 0.441 e. The lowest BCUT2D eigenvalue weighted by atomic mass is 10.2. The van der Waals surface area contributed by atoms with E-state index in [4.69, 9.17) is 16.0 Å². The highest BCUT2D eigenvalue weighted by Crippen LogP contribution is 2.18. The molecule has 15 heavy (non-hydrogen) atoms. The maximum atomic E-state index is 11.3. The van der Waals surface area contributed by atoms with Crippen molar-refractivity contribution < 1.29 is 4.42 Å². The van der Waals surface area contributed by atoms with Gasteiger partial charge in [0, 0.05) is 11.9 Å². The molecule has 2 rings (SSSR count). The summed E-state index contributed by atoms with van der Waals surface area (Å²) in [5.74, 6) is -0.177. The van der Waals surface area contributed by atoms with E-state index in [1.54, 1.807) is 19.1 Å². The fraction of sp³-hybridized carbons (Fsp3) is 0.200. The van der Waals surface area contributed by atoms with Crippen molar-refractivity contribution in [2.75, 3.05) is 0 Å². The highest BCUT2D eigenvalue weighted by Gasteiger charge is 2.07. The Morgan fingerprint density at radius 1 is 1.40 bits per heavy atom. The Morgan fingerprint density at radius 2 is 2.13 bits per heavy atom. The van der Waals surface area contributed by atoms with Crippen LogP contribution in [-0.4, -0.2) is 9.78 Å². The summed E-state index contributed by atoms with van der Waals surface area (Å²) in [4.78, 5) is 11.3. The number of aromatic nitrogens is 2. The minimum Gasteiger partial charge on any atom is -0.392 e. The van der Waals surface area contributed by atoms with Gasteiger partial charge in [-0.15, -0.1) is 5.10 Å². The summed E-state index contributed by atoms with van der Waals surface area (Å²) in [7, 11) is 0. The van der Waals surface area contributed by atoms with Gasteiger partial charge in [0.2, 0.25) is 5.89 Å². The number of nitrogens with zero attached hydrogens (tertiary/aromatic N) is 2. The molecule has 5 heteroatoms. The number of halogens is 1. The van der Waals surface area contributed by atoms with E-state index >= 15 is 0 Å². The average molecular weight is 225 g/mol. The minimum absolute atomic E-state index is 0.330. The molecular formula is C10H9ClN2O2. The molecular weight excluding hydrogens is 216 g/mol. The predicted octanol–water partition coefficient (Wildman–Crippen LogP) is 2.10. The van der Waals surface area contributed by atoms with Crippen LogP contribution in [0.1, 0.15) is 11.5 Å². The van der Waals surface area contributed by atoms with Gasteiger partial charge in [-0.1, -0.05) is 17.7 Å². The Hall–Kier alpha value is -1.55. The number of benzene rings is 1. The number of aryl methyl sites for hydroxylation is 2. The zero-order chi connectivity index (χ0) is 11.0. The molecule has 0 aliphatic carbocycles. The molecule has 4 nitrogen and oxygen atoms in total. The highest BCUT2D eigenvalue weighted by atomic mass is 35.5. The number of hydrogen-bond acceptors (Lipinski definition) is 3. The Bertz CT molecular complexity index is 557. The predicted molar refractivity (Wildman–Crippen MR) is 56.6 cm³/mol. The molecule has 1 aromatic carbocycles. The van der Waals surface area contributed by atoms with Crippen LogP contribution in [-0.2, 0) is 0 Å². The third kappa shape index (κ3) is 1.80. The van der Waals surface area contributed by atoms with Gasteiger partial charge in [-0.05, 0) is 24.6 Å². The second kappa shape index (κ2) is 3.55. The van der Waals surface area contributed by atoms with Crippen molar-refractivity contribution in [2.24, 2.45) is 0 Å². The first-order valence-corrected chi connectivity index (χ1v) is 4.79. The third-order valence-electron chi connectivity index (χ3n) is 2.05. The summed E-state index contributed by atoms with van der Waals surface area (Å²) < 4.78 is 5.97. The summed E-state index contributed by atoms with van der Waals surface area (Å²) >= 11 is 5.95. The van der Waals surface area contributed by atoms with Gasteiger partial charge in [-0.2, -0.15) is 4.68 Å². The molecule has 0 saturated heterocycles. The van der Waals surface area contributed by atoms with Gasteiger partial charge in [-0.25, -0.2) is 4.79 Å². The maximum absolute atomic E-state index is 11.3. The fourth-order valence-electron chi connectivity index (χ4n) is 1.25. The van der Waals surface area contributed by atoms with E-state index in [0.29, 0.717) is 16.6 Å². The normalized spacial score (nSPS) is 10.6. The molecule has 0 spiro atoms. The lowest BCUT2D eigenvalue weighted by Crippen LogP contribution is -2.13. The molecule has 0 saturated carbocycles. The molecule has 0 amide bonds. The SMILES string of the molecule is Cc1nn(-c2ccc(C)c(Cl)c2)c(=O)o1. The molecule has 78 valence electrons. The summed E-state index contributed by atoms with van der Waals surface area (Å²) in [5.41, 5.74) is 1.56. The van der Waals surface area contributed by atoms with E-state index in [0.717, 1.165) is 5.56 Å². The lowest BCUT2D eigenvalue weighted by Gasteiger charge is -2.01. The van der Waals surface area contributed by atoms with Crippen molar-refractivity contribution >= 4 is 11.6 Å². The van der Waals surface area contributed by atoms with Gasteiger partial charge in [0.05, 0.1) is 5.69 Å². The van der Waals surface area contributed by atoms with Gasteiger partial charge in [0.1, 0.15) is 0 Å². The van der Waals surface area contributed by atoms with E-state index < -0.39 is 5.76 Å². The molecule has 1 heterocycles. The first-order valence-electron chi connectivity index (χ1n) is 4.41. The summed E-state index contributed by atoms with van der Waals surface area (Å²) in [6.45, 7) is 3.51. The Morgan fingerprint density at radius 3 is 2.67 bits per heavy atom. The van der Waals surface area contributed by atoms with Crippen LogP contribution in [0.15, 0.2) is 27.4 Å². The van der Waals surface area contributed by atoms with E-state index in [2.05, 4.69) is 5.10 Å². The van der Waals surface area contributed by atoms with Crippen LogP contribution in [0, 0.1) is 13.8 Å². The Kier molecular flexibility index (Phi) is 2.36. The largest absolute Gasteiger partial charge is 0.441 e. The van der Waals surface area contributed by atoms with Crippen LogP contribution >= 0.6 is 11.6 Å². The molecule has 0 atom stereocenters. The van der Waals surface area contributed by atoms with E-state index in [1.165, 1.54) is 4.68 Å². The van der Waals surface area contributed by atoms with Gasteiger partial charge in [0.25, 0.3) is 0 Å². The standard InChI is InChI=1S/C10H9ClN2O2/c1-6-3-4-8(5-9(6)11)13-10(14)15-7(2)12-13/h3-5H,1-2H3. The van der Waals surface area contributed by atoms with Crippen molar-refractivity contribution in [3.05, 3.63) is 45.2 Å². The van der Waals surface area contributed by atoms with Gasteiger partial charge in [0.15, 0.2) is 0 Å². The van der Waals surface area contributed by atoms with Crippen LogP contribution in [0.3, 0.4) is 0 Å². The lowest BCUT2D eigenvalue weighted by molar-refractivity contribution is 0.477. The van der Waals surface area contributed by atoms with Crippen molar-refractivity contribution in [1.29, 1.82) is 0 Å². The molecule has 0 bridgehead atoms. The molecule has 1 aromatic heterocycles. The second-order valence-corrected chi connectivity index (χ2v) is 3.64.